The molecule has 190 valence electrons. The molecular formula is C29H34N2O5. The molecule has 3 aromatic rings. The molecule has 36 heavy (non-hydrogen) atoms. The largest absolute Gasteiger partial charge is 0.497 e. The summed E-state index contributed by atoms with van der Waals surface area (Å²) < 4.78 is 21.7. The summed E-state index contributed by atoms with van der Waals surface area (Å²) in [6.07, 6.45) is 0.876. The molecule has 0 saturated heterocycles. The van der Waals surface area contributed by atoms with E-state index >= 15 is 0 Å². The number of ether oxygens (including phenoxy) is 4. The highest BCUT2D eigenvalue weighted by atomic mass is 16.5. The maximum atomic E-state index is 13.1. The van der Waals surface area contributed by atoms with Crippen molar-refractivity contribution in [1.29, 1.82) is 0 Å². The predicted octanol–water partition coefficient (Wildman–Crippen LogP) is 4.64. The fourth-order valence-electron chi connectivity index (χ4n) is 4.87. The Morgan fingerprint density at radius 3 is 2.06 bits per heavy atom. The number of benzene rings is 3. The van der Waals surface area contributed by atoms with E-state index in [4.69, 9.17) is 18.9 Å². The molecule has 0 aliphatic carbocycles. The van der Waals surface area contributed by atoms with Crippen LogP contribution >= 0.6 is 0 Å². The average molecular weight is 491 g/mol. The normalized spacial score (nSPS) is 16.0. The number of fused-ring (bicyclic) bond motifs is 1. The molecule has 7 heteroatoms. The van der Waals surface area contributed by atoms with Crippen molar-refractivity contribution in [1.82, 2.24) is 10.2 Å². The van der Waals surface area contributed by atoms with Gasteiger partial charge in [-0.2, -0.15) is 0 Å². The van der Waals surface area contributed by atoms with E-state index in [1.807, 2.05) is 12.1 Å². The van der Waals surface area contributed by atoms with Gasteiger partial charge in [-0.3, -0.25) is 9.69 Å². The van der Waals surface area contributed by atoms with E-state index in [2.05, 4.69) is 41.4 Å². The van der Waals surface area contributed by atoms with Crippen LogP contribution in [0.15, 0.2) is 60.7 Å². The van der Waals surface area contributed by atoms with E-state index in [1.165, 1.54) is 11.1 Å². The predicted molar refractivity (Wildman–Crippen MR) is 139 cm³/mol. The first-order valence-corrected chi connectivity index (χ1v) is 12.0. The van der Waals surface area contributed by atoms with Crippen molar-refractivity contribution in [2.45, 2.75) is 32.0 Å². The number of hydrogen-bond acceptors (Lipinski definition) is 6. The van der Waals surface area contributed by atoms with E-state index in [0.717, 1.165) is 30.8 Å². The van der Waals surface area contributed by atoms with Crippen molar-refractivity contribution in [2.24, 2.45) is 0 Å². The Kier molecular flexibility index (Phi) is 8.00. The van der Waals surface area contributed by atoms with Gasteiger partial charge in [0, 0.05) is 24.7 Å². The number of nitrogens with zero attached hydrogens (tertiary/aromatic N) is 1. The molecule has 1 amide bonds. The first-order chi connectivity index (χ1) is 17.5. The van der Waals surface area contributed by atoms with E-state index in [-0.39, 0.29) is 18.0 Å². The second-order valence-corrected chi connectivity index (χ2v) is 8.91. The maximum Gasteiger partial charge on any atom is 0.251 e. The molecule has 2 atom stereocenters. The topological polar surface area (TPSA) is 69.3 Å². The van der Waals surface area contributed by atoms with Gasteiger partial charge in [-0.25, -0.2) is 0 Å². The van der Waals surface area contributed by atoms with Crippen molar-refractivity contribution in [2.75, 3.05) is 35.0 Å². The van der Waals surface area contributed by atoms with Crippen LogP contribution in [-0.2, 0) is 13.0 Å². The molecule has 0 saturated carbocycles. The average Bonchev–Trinajstić information content (AvgIpc) is 2.92. The van der Waals surface area contributed by atoms with Gasteiger partial charge >= 0.3 is 0 Å². The minimum atomic E-state index is -0.171. The van der Waals surface area contributed by atoms with Gasteiger partial charge in [-0.05, 0) is 78.6 Å². The van der Waals surface area contributed by atoms with Gasteiger partial charge in [-0.1, -0.05) is 12.1 Å². The summed E-state index contributed by atoms with van der Waals surface area (Å²) in [6, 6.07) is 19.1. The Hall–Kier alpha value is -3.71. The zero-order valence-corrected chi connectivity index (χ0v) is 21.5. The summed E-state index contributed by atoms with van der Waals surface area (Å²) in [6.45, 7) is 3.64. The monoisotopic (exact) mass is 490 g/mol. The molecule has 1 aliphatic rings. The Balaban J connectivity index is 1.65. The fourth-order valence-corrected chi connectivity index (χ4v) is 4.87. The Morgan fingerprint density at radius 1 is 0.889 bits per heavy atom. The summed E-state index contributed by atoms with van der Waals surface area (Å²) in [7, 11) is 6.57. The van der Waals surface area contributed by atoms with Gasteiger partial charge in [-0.15, -0.1) is 0 Å². The van der Waals surface area contributed by atoms with E-state index in [0.29, 0.717) is 22.8 Å². The number of nitrogens with one attached hydrogen (secondary N) is 1. The Labute approximate surface area is 212 Å². The van der Waals surface area contributed by atoms with Crippen LogP contribution in [0.5, 0.6) is 23.0 Å². The number of rotatable bonds is 9. The van der Waals surface area contributed by atoms with Gasteiger partial charge in [0.15, 0.2) is 11.5 Å². The minimum absolute atomic E-state index is 0.0575. The van der Waals surface area contributed by atoms with Crippen molar-refractivity contribution >= 4 is 5.91 Å². The third-order valence-electron chi connectivity index (χ3n) is 6.76. The molecule has 0 aromatic heterocycles. The Morgan fingerprint density at radius 2 is 1.47 bits per heavy atom. The number of carbonyl (C=O) groups is 1. The molecule has 0 bridgehead atoms. The molecule has 0 spiro atoms. The van der Waals surface area contributed by atoms with E-state index in [9.17, 15) is 4.79 Å². The van der Waals surface area contributed by atoms with Gasteiger partial charge in [0.1, 0.15) is 11.5 Å². The lowest BCUT2D eigenvalue weighted by molar-refractivity contribution is 0.0877. The lowest BCUT2D eigenvalue weighted by atomic mass is 9.87. The third kappa shape index (κ3) is 5.41. The van der Waals surface area contributed by atoms with Crippen LogP contribution in [0.4, 0.5) is 0 Å². The molecule has 1 N–H and O–H groups in total. The number of methoxy groups -OCH3 is 4. The van der Waals surface area contributed by atoms with E-state index in [1.54, 1.807) is 52.7 Å². The highest BCUT2D eigenvalue weighted by molar-refractivity contribution is 5.94. The molecular weight excluding hydrogens is 456 g/mol. The number of carbonyl (C=O) groups excluding carboxylic acids is 1. The lowest BCUT2D eigenvalue weighted by Gasteiger charge is -2.41. The molecule has 1 aliphatic heterocycles. The van der Waals surface area contributed by atoms with Crippen LogP contribution in [0.25, 0.3) is 0 Å². The van der Waals surface area contributed by atoms with Crippen molar-refractivity contribution in [3.05, 3.63) is 82.9 Å². The van der Waals surface area contributed by atoms with Crippen LogP contribution in [-0.4, -0.2) is 51.8 Å². The second-order valence-electron chi connectivity index (χ2n) is 8.91. The van der Waals surface area contributed by atoms with Crippen molar-refractivity contribution in [3.63, 3.8) is 0 Å². The van der Waals surface area contributed by atoms with Crippen molar-refractivity contribution in [3.8, 4) is 23.0 Å². The van der Waals surface area contributed by atoms with Gasteiger partial charge in [0.25, 0.3) is 5.91 Å². The van der Waals surface area contributed by atoms with Crippen LogP contribution in [0.2, 0.25) is 0 Å². The molecule has 7 nitrogen and oxygen atoms in total. The minimum Gasteiger partial charge on any atom is -0.497 e. The lowest BCUT2D eigenvalue weighted by Crippen LogP contribution is -2.47. The molecule has 0 radical (unpaired) electrons. The Bertz CT molecular complexity index is 1180. The molecule has 0 fully saturated rings. The highest BCUT2D eigenvalue weighted by Crippen LogP contribution is 2.40. The van der Waals surface area contributed by atoms with E-state index < -0.39 is 0 Å². The zero-order valence-electron chi connectivity index (χ0n) is 21.5. The molecule has 3 aromatic carbocycles. The first-order valence-electron chi connectivity index (χ1n) is 12.0. The molecule has 1 heterocycles. The number of hydrogen-bond donors (Lipinski definition) is 1. The number of amides is 1. The van der Waals surface area contributed by atoms with Gasteiger partial charge in [0.05, 0.1) is 34.5 Å². The summed E-state index contributed by atoms with van der Waals surface area (Å²) in [4.78, 5) is 15.6. The van der Waals surface area contributed by atoms with Crippen LogP contribution in [0, 0.1) is 0 Å². The van der Waals surface area contributed by atoms with Crippen LogP contribution in [0.3, 0.4) is 0 Å². The zero-order chi connectivity index (χ0) is 25.7. The van der Waals surface area contributed by atoms with Gasteiger partial charge in [0.2, 0.25) is 0 Å². The summed E-state index contributed by atoms with van der Waals surface area (Å²) in [5.41, 5.74) is 4.11. The van der Waals surface area contributed by atoms with Gasteiger partial charge < -0.3 is 24.3 Å². The van der Waals surface area contributed by atoms with Crippen molar-refractivity contribution < 1.29 is 23.7 Å². The van der Waals surface area contributed by atoms with Crippen LogP contribution in [0.1, 0.15) is 40.0 Å². The smallest absolute Gasteiger partial charge is 0.251 e. The van der Waals surface area contributed by atoms with Crippen LogP contribution < -0.4 is 24.3 Å². The molecule has 4 rings (SSSR count). The standard InChI is InChI=1S/C29H34N2O5/c1-19(30-29(32)21-8-12-24(34-3)13-9-21)28-25-17-27(36-5)26(35-4)16-22(25)14-15-31(28)18-20-6-10-23(33-2)11-7-20/h6-13,16-17,19,28H,14-15,18H2,1-5H3,(H,30,32)/t19-,28+/m1/s1. The third-order valence-corrected chi connectivity index (χ3v) is 6.76. The SMILES string of the molecule is COc1ccc(CN2CCc3cc(OC)c(OC)cc3[C@@H]2[C@@H](C)NC(=O)c2ccc(OC)cc2)cc1. The summed E-state index contributed by atoms with van der Waals surface area (Å²) >= 11 is 0. The highest BCUT2D eigenvalue weighted by Gasteiger charge is 2.34. The first kappa shape index (κ1) is 25.4. The quantitative estimate of drug-likeness (QED) is 0.471. The second kappa shape index (κ2) is 11.4. The molecule has 0 unspecified atom stereocenters. The fraction of sp³-hybridized carbons (Fsp3) is 0.345. The maximum absolute atomic E-state index is 13.1. The summed E-state index contributed by atoms with van der Waals surface area (Å²) in [5.74, 6) is 2.82. The summed E-state index contributed by atoms with van der Waals surface area (Å²) in [5, 5.41) is 3.23.